The van der Waals surface area contributed by atoms with Crippen LogP contribution in [0, 0.1) is 5.92 Å². The second kappa shape index (κ2) is 5.22. The molecule has 110 valence electrons. The number of hydrogen-bond acceptors (Lipinski definition) is 4. The summed E-state index contributed by atoms with van der Waals surface area (Å²) in [6.45, 7) is 0. The summed E-state index contributed by atoms with van der Waals surface area (Å²) in [5, 5.41) is 3.86. The third-order valence-corrected chi connectivity index (χ3v) is 4.38. The number of carbonyl (C=O) groups is 1. The first kappa shape index (κ1) is 13.6. The molecule has 1 aromatic rings. The summed E-state index contributed by atoms with van der Waals surface area (Å²) in [5.41, 5.74) is 0. The highest BCUT2D eigenvalue weighted by atomic mass is 19.3. The molecule has 0 saturated heterocycles. The number of alkyl halides is 2. The second-order valence-electron chi connectivity index (χ2n) is 6.03. The molecular weight excluding hydrogens is 266 g/mol. The molecule has 0 radical (unpaired) electrons. The predicted octanol–water partition coefficient (Wildman–Crippen LogP) is 3.27. The number of aromatic nitrogens is 2. The Balaban J connectivity index is 1.58. The zero-order valence-corrected chi connectivity index (χ0v) is 11.3. The van der Waals surface area contributed by atoms with Crippen LogP contribution in [0.15, 0.2) is 4.52 Å². The first-order chi connectivity index (χ1) is 9.52. The summed E-state index contributed by atoms with van der Waals surface area (Å²) in [6.07, 6.45) is 3.78. The normalized spacial score (nSPS) is 27.1. The van der Waals surface area contributed by atoms with Crippen LogP contribution in [-0.2, 0) is 11.2 Å². The van der Waals surface area contributed by atoms with Gasteiger partial charge in [-0.05, 0) is 25.2 Å². The van der Waals surface area contributed by atoms with Crippen molar-refractivity contribution in [2.75, 3.05) is 0 Å². The monoisotopic (exact) mass is 284 g/mol. The predicted molar refractivity (Wildman–Crippen MR) is 66.5 cm³/mol. The van der Waals surface area contributed by atoms with Crippen LogP contribution < -0.4 is 0 Å². The highest BCUT2D eigenvalue weighted by Gasteiger charge is 2.41. The van der Waals surface area contributed by atoms with Gasteiger partial charge in [-0.2, -0.15) is 4.98 Å². The summed E-state index contributed by atoms with van der Waals surface area (Å²) < 4.78 is 31.5. The van der Waals surface area contributed by atoms with Crippen molar-refractivity contribution in [1.82, 2.24) is 10.1 Å². The zero-order valence-electron chi connectivity index (χ0n) is 11.3. The maximum atomic E-state index is 13.2. The highest BCUT2D eigenvalue weighted by molar-refractivity contribution is 5.79. The largest absolute Gasteiger partial charge is 0.339 e. The quantitative estimate of drug-likeness (QED) is 0.854. The van der Waals surface area contributed by atoms with Gasteiger partial charge < -0.3 is 4.52 Å². The van der Waals surface area contributed by atoms with Crippen molar-refractivity contribution in [2.45, 2.75) is 63.2 Å². The maximum Gasteiger partial charge on any atom is 0.248 e. The fourth-order valence-corrected chi connectivity index (χ4v) is 3.14. The van der Waals surface area contributed by atoms with E-state index in [0.717, 1.165) is 12.8 Å². The minimum atomic E-state index is -2.59. The SMILES string of the molecule is O=C1CCC(Cc2nc(C3CCC(F)(F)C3)no2)CC1. The molecule has 1 aromatic heterocycles. The van der Waals surface area contributed by atoms with E-state index in [9.17, 15) is 13.6 Å². The van der Waals surface area contributed by atoms with Gasteiger partial charge in [-0.1, -0.05) is 5.16 Å². The molecule has 2 aliphatic carbocycles. The van der Waals surface area contributed by atoms with Crippen molar-refractivity contribution >= 4 is 5.78 Å². The van der Waals surface area contributed by atoms with Gasteiger partial charge in [-0.25, -0.2) is 8.78 Å². The smallest absolute Gasteiger partial charge is 0.248 e. The zero-order chi connectivity index (χ0) is 14.2. The van der Waals surface area contributed by atoms with Crippen molar-refractivity contribution in [3.05, 3.63) is 11.7 Å². The van der Waals surface area contributed by atoms with Gasteiger partial charge in [0.25, 0.3) is 0 Å². The van der Waals surface area contributed by atoms with Crippen molar-refractivity contribution in [3.8, 4) is 0 Å². The molecule has 0 aliphatic heterocycles. The Morgan fingerprint density at radius 3 is 2.65 bits per heavy atom. The lowest BCUT2D eigenvalue weighted by Gasteiger charge is -2.18. The lowest BCUT2D eigenvalue weighted by Crippen LogP contribution is -2.15. The lowest BCUT2D eigenvalue weighted by atomic mass is 9.86. The third-order valence-electron chi connectivity index (χ3n) is 4.38. The summed E-state index contributed by atoms with van der Waals surface area (Å²) >= 11 is 0. The van der Waals surface area contributed by atoms with E-state index in [1.165, 1.54) is 0 Å². The van der Waals surface area contributed by atoms with Gasteiger partial charge in [-0.15, -0.1) is 0 Å². The molecule has 4 nitrogen and oxygen atoms in total. The van der Waals surface area contributed by atoms with E-state index in [1.807, 2.05) is 0 Å². The van der Waals surface area contributed by atoms with Gasteiger partial charge in [0.1, 0.15) is 5.78 Å². The number of hydrogen-bond donors (Lipinski definition) is 0. The standard InChI is InChI=1S/C14H18F2N2O2/c15-14(16)6-5-10(8-14)13-17-12(20-18-13)7-9-1-3-11(19)4-2-9/h9-10H,1-8H2. The molecule has 6 heteroatoms. The number of nitrogens with zero attached hydrogens (tertiary/aromatic N) is 2. The lowest BCUT2D eigenvalue weighted by molar-refractivity contribution is -0.121. The minimum Gasteiger partial charge on any atom is -0.339 e. The van der Waals surface area contributed by atoms with Gasteiger partial charge in [0.2, 0.25) is 11.8 Å². The fourth-order valence-electron chi connectivity index (χ4n) is 3.14. The van der Waals surface area contributed by atoms with Gasteiger partial charge >= 0.3 is 0 Å². The van der Waals surface area contributed by atoms with E-state index in [4.69, 9.17) is 4.52 Å². The Morgan fingerprint density at radius 1 is 1.25 bits per heavy atom. The van der Waals surface area contributed by atoms with E-state index in [2.05, 4.69) is 10.1 Å². The van der Waals surface area contributed by atoms with E-state index < -0.39 is 5.92 Å². The Bertz CT molecular complexity index is 491. The highest BCUT2D eigenvalue weighted by Crippen LogP contribution is 2.43. The first-order valence-corrected chi connectivity index (χ1v) is 7.24. The summed E-state index contributed by atoms with van der Waals surface area (Å²) in [5.74, 6) is -1.21. The Kier molecular flexibility index (Phi) is 3.56. The van der Waals surface area contributed by atoms with Gasteiger partial charge in [-0.3, -0.25) is 4.79 Å². The molecule has 0 amide bonds. The number of carbonyl (C=O) groups excluding carboxylic acids is 1. The molecule has 2 fully saturated rings. The Labute approximate surface area is 115 Å². The van der Waals surface area contributed by atoms with Crippen molar-refractivity contribution in [1.29, 1.82) is 0 Å². The number of ketones is 1. The molecule has 20 heavy (non-hydrogen) atoms. The summed E-state index contributed by atoms with van der Waals surface area (Å²) in [4.78, 5) is 15.5. The first-order valence-electron chi connectivity index (χ1n) is 7.24. The third kappa shape index (κ3) is 3.04. The van der Waals surface area contributed by atoms with Crippen LogP contribution in [0.4, 0.5) is 8.78 Å². The second-order valence-corrected chi connectivity index (χ2v) is 6.03. The molecule has 2 aliphatic rings. The van der Waals surface area contributed by atoms with Gasteiger partial charge in [0.05, 0.1) is 0 Å². The number of Topliss-reactive ketones (excluding diaryl/α,β-unsaturated/α-hetero) is 1. The van der Waals surface area contributed by atoms with E-state index in [1.54, 1.807) is 0 Å². The van der Waals surface area contributed by atoms with Crippen molar-refractivity contribution in [3.63, 3.8) is 0 Å². The van der Waals surface area contributed by atoms with E-state index >= 15 is 0 Å². The molecule has 2 saturated carbocycles. The van der Waals surface area contributed by atoms with Crippen LogP contribution in [0.2, 0.25) is 0 Å². The van der Waals surface area contributed by atoms with Crippen LogP contribution in [0.1, 0.15) is 62.6 Å². The maximum absolute atomic E-state index is 13.2. The Morgan fingerprint density at radius 2 is 2.00 bits per heavy atom. The molecule has 0 spiro atoms. The van der Waals surface area contributed by atoms with Crippen LogP contribution in [-0.4, -0.2) is 21.8 Å². The number of halogens is 2. The van der Waals surface area contributed by atoms with Crippen LogP contribution in [0.3, 0.4) is 0 Å². The van der Waals surface area contributed by atoms with Crippen molar-refractivity contribution < 1.29 is 18.1 Å². The van der Waals surface area contributed by atoms with Crippen LogP contribution in [0.25, 0.3) is 0 Å². The fraction of sp³-hybridized carbons (Fsp3) is 0.786. The summed E-state index contributed by atoms with van der Waals surface area (Å²) in [7, 11) is 0. The van der Waals surface area contributed by atoms with Crippen LogP contribution in [0.5, 0.6) is 0 Å². The van der Waals surface area contributed by atoms with Gasteiger partial charge in [0, 0.05) is 38.0 Å². The average molecular weight is 284 g/mol. The Hall–Kier alpha value is -1.33. The molecule has 0 N–H and O–H groups in total. The molecule has 3 rings (SSSR count). The molecule has 1 heterocycles. The molecule has 0 aromatic carbocycles. The summed E-state index contributed by atoms with van der Waals surface area (Å²) in [6, 6.07) is 0. The topological polar surface area (TPSA) is 56.0 Å². The van der Waals surface area contributed by atoms with Gasteiger partial charge in [0.15, 0.2) is 5.82 Å². The molecule has 0 bridgehead atoms. The molecule has 1 atom stereocenters. The van der Waals surface area contributed by atoms with Crippen molar-refractivity contribution in [2.24, 2.45) is 5.92 Å². The minimum absolute atomic E-state index is 0.0910. The van der Waals surface area contributed by atoms with E-state index in [-0.39, 0.29) is 18.8 Å². The molecular formula is C14H18F2N2O2. The average Bonchev–Trinajstić information content (AvgIpc) is 2.99. The molecule has 1 unspecified atom stereocenters. The van der Waals surface area contributed by atoms with Crippen LogP contribution >= 0.6 is 0 Å². The number of rotatable bonds is 3. The van der Waals surface area contributed by atoms with E-state index in [0.29, 0.717) is 49.1 Å².